The Hall–Kier alpha value is -2.35. The van der Waals surface area contributed by atoms with Crippen LogP contribution >= 0.6 is 23.2 Å². The SMILES string of the molecule is COC(=O)C1CN(c2cc(-n3ccnc3)c3ccc(Cl)c(Cl)c3n2)CCN1. The molecule has 2 aromatic heterocycles. The number of esters is 1. The van der Waals surface area contributed by atoms with Gasteiger partial charge in [-0.25, -0.2) is 9.97 Å². The number of piperazine rings is 1. The number of methoxy groups -OCH3 is 1. The molecule has 27 heavy (non-hydrogen) atoms. The van der Waals surface area contributed by atoms with Gasteiger partial charge in [-0.2, -0.15) is 0 Å². The van der Waals surface area contributed by atoms with Crippen LogP contribution < -0.4 is 10.2 Å². The van der Waals surface area contributed by atoms with Crippen LogP contribution in [-0.4, -0.2) is 53.3 Å². The lowest BCUT2D eigenvalue weighted by atomic mass is 10.1. The van der Waals surface area contributed by atoms with Crippen LogP contribution in [0.2, 0.25) is 10.0 Å². The number of benzene rings is 1. The first-order chi connectivity index (χ1) is 13.1. The van der Waals surface area contributed by atoms with Gasteiger partial charge >= 0.3 is 5.97 Å². The van der Waals surface area contributed by atoms with Crippen LogP contribution in [0.15, 0.2) is 36.9 Å². The zero-order valence-corrected chi connectivity index (χ0v) is 16.0. The molecule has 0 aliphatic carbocycles. The summed E-state index contributed by atoms with van der Waals surface area (Å²) in [6, 6.07) is 5.21. The second kappa shape index (κ2) is 7.34. The number of hydrogen-bond donors (Lipinski definition) is 1. The minimum atomic E-state index is -0.409. The molecule has 1 N–H and O–H groups in total. The predicted molar refractivity (Wildman–Crippen MR) is 105 cm³/mol. The maximum absolute atomic E-state index is 11.9. The molecular weight excluding hydrogens is 389 g/mol. The number of fused-ring (bicyclic) bond motifs is 1. The van der Waals surface area contributed by atoms with Gasteiger partial charge in [0.2, 0.25) is 0 Å². The van der Waals surface area contributed by atoms with Gasteiger partial charge in [0, 0.05) is 43.5 Å². The summed E-state index contributed by atoms with van der Waals surface area (Å²) in [5.74, 6) is 0.419. The number of ether oxygens (including phenoxy) is 1. The summed E-state index contributed by atoms with van der Waals surface area (Å²) < 4.78 is 6.76. The van der Waals surface area contributed by atoms with Crippen molar-refractivity contribution in [3.63, 3.8) is 0 Å². The highest BCUT2D eigenvalue weighted by Gasteiger charge is 2.27. The molecular formula is C18H17Cl2N5O2. The second-order valence-electron chi connectivity index (χ2n) is 6.20. The normalized spacial score (nSPS) is 17.3. The minimum absolute atomic E-state index is 0.295. The summed E-state index contributed by atoms with van der Waals surface area (Å²) in [6.07, 6.45) is 5.29. The van der Waals surface area contributed by atoms with E-state index in [0.717, 1.165) is 11.1 Å². The smallest absolute Gasteiger partial charge is 0.324 e. The van der Waals surface area contributed by atoms with E-state index in [-0.39, 0.29) is 5.97 Å². The minimum Gasteiger partial charge on any atom is -0.468 e. The van der Waals surface area contributed by atoms with Gasteiger partial charge in [-0.3, -0.25) is 4.79 Å². The maximum atomic E-state index is 11.9. The van der Waals surface area contributed by atoms with E-state index in [9.17, 15) is 4.79 Å². The molecule has 0 saturated carbocycles. The van der Waals surface area contributed by atoms with Gasteiger partial charge in [0.1, 0.15) is 11.9 Å². The average molecular weight is 406 g/mol. The molecule has 1 aromatic carbocycles. The number of hydrogen-bond acceptors (Lipinski definition) is 6. The van der Waals surface area contributed by atoms with Gasteiger partial charge in [0.25, 0.3) is 0 Å². The lowest BCUT2D eigenvalue weighted by Gasteiger charge is -2.33. The number of halogens is 2. The van der Waals surface area contributed by atoms with Crippen LogP contribution in [0.25, 0.3) is 16.6 Å². The van der Waals surface area contributed by atoms with E-state index in [0.29, 0.717) is 41.0 Å². The van der Waals surface area contributed by atoms with Crippen molar-refractivity contribution >= 4 is 45.9 Å². The van der Waals surface area contributed by atoms with Crippen LogP contribution in [-0.2, 0) is 9.53 Å². The molecule has 9 heteroatoms. The van der Waals surface area contributed by atoms with Gasteiger partial charge in [-0.05, 0) is 12.1 Å². The topological polar surface area (TPSA) is 72.3 Å². The first-order valence-corrected chi connectivity index (χ1v) is 9.17. The molecule has 140 valence electrons. The fraction of sp³-hybridized carbons (Fsp3) is 0.278. The molecule has 7 nitrogen and oxygen atoms in total. The van der Waals surface area contributed by atoms with Crippen LogP contribution in [0.1, 0.15) is 0 Å². The highest BCUT2D eigenvalue weighted by Crippen LogP contribution is 2.34. The Labute approximate surface area is 165 Å². The monoisotopic (exact) mass is 405 g/mol. The van der Waals surface area contributed by atoms with Gasteiger partial charge in [-0.15, -0.1) is 0 Å². The van der Waals surface area contributed by atoms with Gasteiger partial charge in [0.15, 0.2) is 0 Å². The summed E-state index contributed by atoms with van der Waals surface area (Å²) in [5.41, 5.74) is 1.50. The number of carbonyl (C=O) groups excluding carboxylic acids is 1. The van der Waals surface area contributed by atoms with E-state index in [4.69, 9.17) is 32.9 Å². The Kier molecular flexibility index (Phi) is 4.90. The molecule has 1 aliphatic rings. The zero-order chi connectivity index (χ0) is 19.0. The third kappa shape index (κ3) is 3.34. The number of aromatic nitrogens is 3. The quantitative estimate of drug-likeness (QED) is 0.675. The fourth-order valence-corrected chi connectivity index (χ4v) is 3.60. The van der Waals surface area contributed by atoms with Crippen molar-refractivity contribution in [1.29, 1.82) is 0 Å². The van der Waals surface area contributed by atoms with Crippen molar-refractivity contribution in [2.24, 2.45) is 0 Å². The molecule has 4 rings (SSSR count). The molecule has 1 fully saturated rings. The molecule has 0 bridgehead atoms. The molecule has 0 amide bonds. The Bertz CT molecular complexity index is 993. The standard InChI is InChI=1S/C18H17Cl2N5O2/c1-27-18(26)13-9-24(7-5-22-13)15-8-14(25-6-4-21-10-25)11-2-3-12(19)16(20)17(11)23-15/h2-4,6,8,10,13,22H,5,7,9H2,1H3. The number of pyridine rings is 1. The summed E-state index contributed by atoms with van der Waals surface area (Å²) >= 11 is 12.7. The molecule has 3 aromatic rings. The third-order valence-electron chi connectivity index (χ3n) is 4.60. The number of nitrogens with one attached hydrogen (secondary N) is 1. The lowest BCUT2D eigenvalue weighted by Crippen LogP contribution is -2.54. The first-order valence-electron chi connectivity index (χ1n) is 8.41. The van der Waals surface area contributed by atoms with Gasteiger partial charge in [-0.1, -0.05) is 23.2 Å². The van der Waals surface area contributed by atoms with Crippen LogP contribution in [0.4, 0.5) is 5.82 Å². The van der Waals surface area contributed by atoms with E-state index < -0.39 is 6.04 Å². The van der Waals surface area contributed by atoms with Crippen molar-refractivity contribution in [1.82, 2.24) is 19.9 Å². The number of rotatable bonds is 3. The number of nitrogens with zero attached hydrogens (tertiary/aromatic N) is 4. The lowest BCUT2D eigenvalue weighted by molar-refractivity contribution is -0.143. The van der Waals surface area contributed by atoms with Crippen molar-refractivity contribution in [2.45, 2.75) is 6.04 Å². The van der Waals surface area contributed by atoms with Crippen molar-refractivity contribution in [3.05, 3.63) is 47.0 Å². The van der Waals surface area contributed by atoms with Gasteiger partial charge in [0.05, 0.1) is 34.7 Å². The molecule has 0 radical (unpaired) electrons. The summed E-state index contributed by atoms with van der Waals surface area (Å²) in [7, 11) is 1.39. The van der Waals surface area contributed by atoms with E-state index in [1.54, 1.807) is 18.6 Å². The van der Waals surface area contributed by atoms with E-state index in [2.05, 4.69) is 10.3 Å². The van der Waals surface area contributed by atoms with Crippen molar-refractivity contribution < 1.29 is 9.53 Å². The molecule has 1 unspecified atom stereocenters. The van der Waals surface area contributed by atoms with E-state index in [1.807, 2.05) is 27.8 Å². The number of carbonyl (C=O) groups is 1. The Morgan fingerprint density at radius 1 is 1.37 bits per heavy atom. The Balaban J connectivity index is 1.84. The summed E-state index contributed by atoms with van der Waals surface area (Å²) in [6.45, 7) is 1.80. The average Bonchev–Trinajstić information content (AvgIpc) is 3.24. The predicted octanol–water partition coefficient (Wildman–Crippen LogP) is 2.68. The molecule has 1 atom stereocenters. The number of anilines is 1. The zero-order valence-electron chi connectivity index (χ0n) is 14.5. The molecule has 3 heterocycles. The third-order valence-corrected chi connectivity index (χ3v) is 5.40. The van der Waals surface area contributed by atoms with E-state index in [1.165, 1.54) is 7.11 Å². The van der Waals surface area contributed by atoms with Crippen LogP contribution in [0.3, 0.4) is 0 Å². The van der Waals surface area contributed by atoms with E-state index >= 15 is 0 Å². The maximum Gasteiger partial charge on any atom is 0.324 e. The fourth-order valence-electron chi connectivity index (χ4n) is 3.24. The first kappa shape index (κ1) is 18.0. The van der Waals surface area contributed by atoms with Crippen LogP contribution in [0.5, 0.6) is 0 Å². The molecule has 0 spiro atoms. The largest absolute Gasteiger partial charge is 0.468 e. The molecule has 1 saturated heterocycles. The van der Waals surface area contributed by atoms with Gasteiger partial charge < -0.3 is 19.5 Å². The highest BCUT2D eigenvalue weighted by atomic mass is 35.5. The van der Waals surface area contributed by atoms with Crippen LogP contribution in [0, 0.1) is 0 Å². The summed E-state index contributed by atoms with van der Waals surface area (Å²) in [4.78, 5) is 22.8. The summed E-state index contributed by atoms with van der Waals surface area (Å²) in [5, 5.41) is 4.87. The van der Waals surface area contributed by atoms with Crippen molar-refractivity contribution in [2.75, 3.05) is 31.6 Å². The highest BCUT2D eigenvalue weighted by molar-refractivity contribution is 6.45. The Morgan fingerprint density at radius 2 is 2.22 bits per heavy atom. The van der Waals surface area contributed by atoms with Crippen molar-refractivity contribution in [3.8, 4) is 5.69 Å². The Morgan fingerprint density at radius 3 is 2.96 bits per heavy atom. The number of imidazole rings is 1. The second-order valence-corrected chi connectivity index (χ2v) is 6.99. The molecule has 1 aliphatic heterocycles.